The molecule has 0 radical (unpaired) electrons. The molecule has 2 aliphatic heterocycles. The average molecular weight is 333 g/mol. The van der Waals surface area contributed by atoms with Crippen molar-refractivity contribution >= 4 is 11.7 Å². The summed E-state index contributed by atoms with van der Waals surface area (Å²) in [4.78, 5) is 26.3. The molecule has 2 rings (SSSR count). The normalized spacial score (nSPS) is 21.0. The van der Waals surface area contributed by atoms with Crippen LogP contribution >= 0.6 is 0 Å². The van der Waals surface area contributed by atoms with Crippen molar-refractivity contribution < 1.29 is 14.7 Å². The summed E-state index contributed by atoms with van der Waals surface area (Å²) >= 11 is 0. The van der Waals surface area contributed by atoms with Crippen LogP contribution in [0.5, 0.6) is 0 Å². The van der Waals surface area contributed by atoms with Crippen molar-refractivity contribution in [3.63, 3.8) is 0 Å². The lowest BCUT2D eigenvalue weighted by Crippen LogP contribution is -2.39. The summed E-state index contributed by atoms with van der Waals surface area (Å²) < 4.78 is 0. The Morgan fingerprint density at radius 2 is 1.92 bits per heavy atom. The molecule has 1 amide bonds. The van der Waals surface area contributed by atoms with E-state index in [0.29, 0.717) is 13.0 Å². The number of Topliss-reactive ketones (excluding diaryl/α,β-unsaturated/α-hetero) is 1. The van der Waals surface area contributed by atoms with E-state index in [1.165, 1.54) is 25.7 Å². The molecule has 0 aromatic heterocycles. The Morgan fingerprint density at radius 3 is 2.62 bits per heavy atom. The van der Waals surface area contributed by atoms with E-state index in [4.69, 9.17) is 0 Å². The van der Waals surface area contributed by atoms with Gasteiger partial charge in [-0.2, -0.15) is 0 Å². The number of rotatable bonds is 10. The van der Waals surface area contributed by atoms with Crippen LogP contribution < -0.4 is 0 Å². The molecule has 0 bridgehead atoms. The first kappa shape index (κ1) is 18.8. The fourth-order valence-electron chi connectivity index (χ4n) is 3.57. The van der Waals surface area contributed by atoms with E-state index in [9.17, 15) is 14.7 Å². The molecular weight excluding hydrogens is 302 g/mol. The van der Waals surface area contributed by atoms with Crippen LogP contribution in [0.3, 0.4) is 0 Å². The maximum absolute atomic E-state index is 12.3. The zero-order chi connectivity index (χ0) is 17.4. The summed E-state index contributed by atoms with van der Waals surface area (Å²) in [7, 11) is 0. The predicted molar refractivity (Wildman–Crippen MR) is 95.8 cm³/mol. The second kappa shape index (κ2) is 9.65. The van der Waals surface area contributed by atoms with Crippen LogP contribution in [0.2, 0.25) is 0 Å². The van der Waals surface area contributed by atoms with Gasteiger partial charge in [0.15, 0.2) is 5.78 Å². The molecule has 4 heteroatoms. The van der Waals surface area contributed by atoms with Crippen molar-refractivity contribution in [1.29, 1.82) is 0 Å². The number of unbranched alkanes of at least 4 members (excludes halogenated alkanes) is 5. The summed E-state index contributed by atoms with van der Waals surface area (Å²) in [6, 6.07) is -0.242. The zero-order valence-corrected chi connectivity index (χ0v) is 14.9. The lowest BCUT2D eigenvalue weighted by molar-refractivity contribution is -0.130. The van der Waals surface area contributed by atoms with Crippen molar-refractivity contribution in [3.05, 3.63) is 23.5 Å². The van der Waals surface area contributed by atoms with Crippen LogP contribution in [0.4, 0.5) is 0 Å². The molecule has 1 saturated heterocycles. The van der Waals surface area contributed by atoms with Gasteiger partial charge in [0.1, 0.15) is 11.3 Å². The van der Waals surface area contributed by atoms with Gasteiger partial charge in [0.05, 0.1) is 6.04 Å². The van der Waals surface area contributed by atoms with Gasteiger partial charge in [-0.05, 0) is 44.9 Å². The van der Waals surface area contributed by atoms with Crippen LogP contribution in [0, 0.1) is 0 Å². The van der Waals surface area contributed by atoms with Crippen molar-refractivity contribution in [2.24, 2.45) is 0 Å². The fraction of sp³-hybridized carbons (Fsp3) is 0.700. The summed E-state index contributed by atoms with van der Waals surface area (Å²) in [5, 5.41) is 10.3. The Morgan fingerprint density at radius 1 is 1.17 bits per heavy atom. The first-order valence-corrected chi connectivity index (χ1v) is 9.59. The third kappa shape index (κ3) is 4.71. The number of hydrogen-bond acceptors (Lipinski definition) is 3. The molecule has 1 unspecified atom stereocenters. The van der Waals surface area contributed by atoms with E-state index in [0.717, 1.165) is 38.5 Å². The lowest BCUT2D eigenvalue weighted by atomic mass is 10.0. The third-order valence-corrected chi connectivity index (χ3v) is 4.99. The van der Waals surface area contributed by atoms with Crippen LogP contribution in [0.15, 0.2) is 23.5 Å². The Balaban J connectivity index is 1.71. The topological polar surface area (TPSA) is 57.6 Å². The highest BCUT2D eigenvalue weighted by atomic mass is 16.3. The van der Waals surface area contributed by atoms with Gasteiger partial charge in [-0.15, -0.1) is 0 Å². The largest absolute Gasteiger partial charge is 0.509 e. The van der Waals surface area contributed by atoms with E-state index >= 15 is 0 Å². The minimum Gasteiger partial charge on any atom is -0.509 e. The number of nitrogens with zero attached hydrogens (tertiary/aromatic N) is 1. The number of aliphatic hydroxyl groups is 1. The summed E-state index contributed by atoms with van der Waals surface area (Å²) in [5.74, 6) is -0.423. The van der Waals surface area contributed by atoms with Gasteiger partial charge in [-0.25, -0.2) is 0 Å². The molecule has 2 heterocycles. The van der Waals surface area contributed by atoms with Crippen molar-refractivity contribution in [3.8, 4) is 0 Å². The highest BCUT2D eigenvalue weighted by Gasteiger charge is 2.42. The van der Waals surface area contributed by atoms with Crippen LogP contribution in [0.1, 0.15) is 77.6 Å². The summed E-state index contributed by atoms with van der Waals surface area (Å²) in [6.45, 7) is 2.87. The number of aliphatic hydroxyl groups excluding tert-OH is 1. The number of allylic oxidation sites excluding steroid dienone is 2. The summed E-state index contributed by atoms with van der Waals surface area (Å²) in [5.41, 5.74) is 0.0606. The van der Waals surface area contributed by atoms with E-state index in [1.807, 2.05) is 0 Å². The van der Waals surface area contributed by atoms with E-state index in [2.05, 4.69) is 19.1 Å². The SMILES string of the molecule is CCCCCCC=CCCCC(=O)C1=C(O)C2CCCCN2C1=O. The van der Waals surface area contributed by atoms with E-state index in [-0.39, 0.29) is 29.1 Å². The van der Waals surface area contributed by atoms with Crippen molar-refractivity contribution in [2.45, 2.75) is 83.6 Å². The lowest BCUT2D eigenvalue weighted by Gasteiger charge is -2.29. The Labute approximate surface area is 145 Å². The molecule has 1 atom stereocenters. The van der Waals surface area contributed by atoms with Gasteiger partial charge in [0, 0.05) is 13.0 Å². The smallest absolute Gasteiger partial charge is 0.261 e. The van der Waals surface area contributed by atoms with Crippen molar-refractivity contribution in [2.75, 3.05) is 6.54 Å². The molecule has 0 aromatic carbocycles. The zero-order valence-electron chi connectivity index (χ0n) is 14.9. The Kier molecular flexibility index (Phi) is 7.54. The average Bonchev–Trinajstić information content (AvgIpc) is 2.85. The van der Waals surface area contributed by atoms with Gasteiger partial charge in [0.2, 0.25) is 0 Å². The standard InChI is InChI=1S/C20H31NO3/c1-2-3-4-5-6-7-8-9-10-14-17(22)18-19(23)16-13-11-12-15-21(16)20(18)24/h7-8,16,23H,2-6,9-15H2,1H3. The monoisotopic (exact) mass is 333 g/mol. The maximum atomic E-state index is 12.3. The Bertz CT molecular complexity index is 507. The number of piperidine rings is 1. The molecule has 0 aliphatic carbocycles. The molecule has 0 saturated carbocycles. The first-order chi connectivity index (χ1) is 11.7. The number of fused-ring (bicyclic) bond motifs is 1. The quantitative estimate of drug-likeness (QED) is 0.365. The second-order valence-corrected chi connectivity index (χ2v) is 6.91. The molecule has 2 aliphatic rings. The molecule has 1 N–H and O–H groups in total. The number of amides is 1. The van der Waals surface area contributed by atoms with Crippen LogP contribution in [-0.2, 0) is 9.59 Å². The molecule has 134 valence electrons. The van der Waals surface area contributed by atoms with Gasteiger partial charge in [-0.1, -0.05) is 38.3 Å². The number of hydrogen-bond donors (Lipinski definition) is 1. The number of carbonyl (C=O) groups is 2. The Hall–Kier alpha value is -1.58. The third-order valence-electron chi connectivity index (χ3n) is 4.99. The van der Waals surface area contributed by atoms with E-state index in [1.54, 1.807) is 4.90 Å². The number of carbonyl (C=O) groups excluding carboxylic acids is 2. The highest BCUT2D eigenvalue weighted by molar-refractivity contribution is 6.21. The molecule has 1 fully saturated rings. The van der Waals surface area contributed by atoms with Gasteiger partial charge >= 0.3 is 0 Å². The minimum atomic E-state index is -0.256. The van der Waals surface area contributed by atoms with Crippen molar-refractivity contribution in [1.82, 2.24) is 4.90 Å². The molecule has 4 nitrogen and oxygen atoms in total. The predicted octanol–water partition coefficient (Wildman–Crippen LogP) is 4.46. The van der Waals surface area contributed by atoms with Gasteiger partial charge in [-0.3, -0.25) is 9.59 Å². The molecule has 24 heavy (non-hydrogen) atoms. The molecule has 0 spiro atoms. The molecular formula is C20H31NO3. The number of ketones is 1. The second-order valence-electron chi connectivity index (χ2n) is 6.91. The fourth-order valence-corrected chi connectivity index (χ4v) is 3.57. The summed E-state index contributed by atoms with van der Waals surface area (Å²) in [6.07, 6.45) is 15.2. The van der Waals surface area contributed by atoms with E-state index < -0.39 is 0 Å². The van der Waals surface area contributed by atoms with Gasteiger partial charge < -0.3 is 10.0 Å². The minimum absolute atomic E-state index is 0.0242. The first-order valence-electron chi connectivity index (χ1n) is 9.59. The molecule has 0 aromatic rings. The highest BCUT2D eigenvalue weighted by Crippen LogP contribution is 2.32. The maximum Gasteiger partial charge on any atom is 0.261 e. The van der Waals surface area contributed by atoms with Crippen LogP contribution in [-0.4, -0.2) is 34.3 Å². The van der Waals surface area contributed by atoms with Crippen LogP contribution in [0.25, 0.3) is 0 Å². The van der Waals surface area contributed by atoms with Gasteiger partial charge in [0.25, 0.3) is 5.91 Å².